The molecule has 0 saturated carbocycles. The maximum atomic E-state index is 9.51. The van der Waals surface area contributed by atoms with E-state index in [1.807, 2.05) is 30.3 Å². The van der Waals surface area contributed by atoms with Crippen molar-refractivity contribution in [3.05, 3.63) is 36.2 Å². The molecule has 1 aliphatic rings. The molecule has 0 aliphatic carbocycles. The maximum Gasteiger partial charge on any atom is 0.244 e. The van der Waals surface area contributed by atoms with E-state index in [9.17, 15) is 5.11 Å². The van der Waals surface area contributed by atoms with E-state index in [2.05, 4.69) is 15.5 Å². The molecule has 0 amide bonds. The number of fused-ring (bicyclic) bond motifs is 1. The van der Waals surface area contributed by atoms with Crippen molar-refractivity contribution in [2.45, 2.75) is 18.6 Å². The molecule has 1 aliphatic heterocycles. The Hall–Kier alpha value is -2.18. The molecule has 0 bridgehead atoms. The summed E-state index contributed by atoms with van der Waals surface area (Å²) in [4.78, 5) is 4.35. The SMILES string of the molecule is O[C@@H]1CN[C@@H](c2nc(-c3cc4ccccc4o3)no2)C1. The molecule has 2 atom stereocenters. The summed E-state index contributed by atoms with van der Waals surface area (Å²) in [5.41, 5.74) is 0.795. The van der Waals surface area contributed by atoms with Crippen molar-refractivity contribution in [1.29, 1.82) is 0 Å². The molecule has 0 spiro atoms. The number of hydrogen-bond acceptors (Lipinski definition) is 6. The maximum absolute atomic E-state index is 9.51. The van der Waals surface area contributed by atoms with E-state index >= 15 is 0 Å². The van der Waals surface area contributed by atoms with E-state index in [-0.39, 0.29) is 12.1 Å². The number of hydrogen-bond donors (Lipinski definition) is 2. The third-order valence-corrected chi connectivity index (χ3v) is 3.49. The summed E-state index contributed by atoms with van der Waals surface area (Å²) in [5, 5.41) is 17.6. The van der Waals surface area contributed by atoms with Gasteiger partial charge in [0.05, 0.1) is 12.1 Å². The van der Waals surface area contributed by atoms with Crippen LogP contribution in [-0.4, -0.2) is 27.9 Å². The Labute approximate surface area is 114 Å². The molecule has 0 radical (unpaired) electrons. The number of β-amino-alcohol motifs (C(OH)–C–C–N with tert-alkyl or cyclic N) is 1. The van der Waals surface area contributed by atoms with Gasteiger partial charge in [-0.05, 0) is 18.6 Å². The predicted molar refractivity (Wildman–Crippen MR) is 70.9 cm³/mol. The van der Waals surface area contributed by atoms with E-state index in [1.165, 1.54) is 0 Å². The lowest BCUT2D eigenvalue weighted by Crippen LogP contribution is -2.15. The average molecular weight is 271 g/mol. The minimum absolute atomic E-state index is 0.0874. The Morgan fingerprint density at radius 2 is 2.20 bits per heavy atom. The topological polar surface area (TPSA) is 84.3 Å². The lowest BCUT2D eigenvalue weighted by atomic mass is 10.2. The highest BCUT2D eigenvalue weighted by Crippen LogP contribution is 2.28. The van der Waals surface area contributed by atoms with Crippen molar-refractivity contribution < 1.29 is 14.0 Å². The standard InChI is InChI=1S/C14H13N3O3/c18-9-6-10(15-7-9)14-16-13(17-20-14)12-5-8-3-1-2-4-11(8)19-12/h1-5,9-10,15,18H,6-7H2/t9-,10+/m0/s1. The van der Waals surface area contributed by atoms with Gasteiger partial charge in [-0.3, -0.25) is 0 Å². The highest BCUT2D eigenvalue weighted by atomic mass is 16.5. The van der Waals surface area contributed by atoms with Crippen LogP contribution in [-0.2, 0) is 0 Å². The van der Waals surface area contributed by atoms with Crippen molar-refractivity contribution in [2.75, 3.05) is 6.54 Å². The second-order valence-corrected chi connectivity index (χ2v) is 4.96. The fourth-order valence-electron chi connectivity index (χ4n) is 2.47. The molecule has 6 nitrogen and oxygen atoms in total. The first kappa shape index (κ1) is 11.6. The van der Waals surface area contributed by atoms with Crippen molar-refractivity contribution in [2.24, 2.45) is 0 Å². The second-order valence-electron chi connectivity index (χ2n) is 4.96. The summed E-state index contributed by atoms with van der Waals surface area (Å²) < 4.78 is 10.9. The van der Waals surface area contributed by atoms with Crippen LogP contribution in [0.25, 0.3) is 22.6 Å². The summed E-state index contributed by atoms with van der Waals surface area (Å²) in [6, 6.07) is 9.54. The predicted octanol–water partition coefficient (Wildman–Crippen LogP) is 1.88. The first-order valence-electron chi connectivity index (χ1n) is 6.53. The van der Waals surface area contributed by atoms with Crippen LogP contribution < -0.4 is 5.32 Å². The number of para-hydroxylation sites is 1. The lowest BCUT2D eigenvalue weighted by molar-refractivity contribution is 0.191. The van der Waals surface area contributed by atoms with Crippen LogP contribution in [0.4, 0.5) is 0 Å². The van der Waals surface area contributed by atoms with Gasteiger partial charge in [0, 0.05) is 11.9 Å². The highest BCUT2D eigenvalue weighted by molar-refractivity contribution is 5.81. The van der Waals surface area contributed by atoms with Crippen LogP contribution in [0.2, 0.25) is 0 Å². The quantitative estimate of drug-likeness (QED) is 0.740. The van der Waals surface area contributed by atoms with E-state index in [4.69, 9.17) is 8.94 Å². The molecule has 102 valence electrons. The minimum atomic E-state index is -0.360. The molecule has 6 heteroatoms. The molecule has 0 unspecified atom stereocenters. The highest BCUT2D eigenvalue weighted by Gasteiger charge is 2.28. The zero-order chi connectivity index (χ0) is 13.5. The largest absolute Gasteiger partial charge is 0.453 e. The van der Waals surface area contributed by atoms with Gasteiger partial charge in [-0.25, -0.2) is 0 Å². The monoisotopic (exact) mass is 271 g/mol. The molecule has 1 saturated heterocycles. The summed E-state index contributed by atoms with van der Waals surface area (Å²) >= 11 is 0. The van der Waals surface area contributed by atoms with Crippen molar-refractivity contribution >= 4 is 11.0 Å². The summed E-state index contributed by atoms with van der Waals surface area (Å²) in [6.07, 6.45) is 0.225. The van der Waals surface area contributed by atoms with E-state index < -0.39 is 0 Å². The number of aliphatic hydroxyl groups excluding tert-OH is 1. The first-order valence-corrected chi connectivity index (χ1v) is 6.53. The number of nitrogens with one attached hydrogen (secondary N) is 1. The molecular weight excluding hydrogens is 258 g/mol. The molecule has 3 aromatic rings. The molecule has 4 rings (SSSR count). The lowest BCUT2D eigenvalue weighted by Gasteiger charge is -2.01. The summed E-state index contributed by atoms with van der Waals surface area (Å²) in [5.74, 6) is 1.50. The normalized spacial score (nSPS) is 22.6. The molecule has 1 fully saturated rings. The summed E-state index contributed by atoms with van der Waals surface area (Å²) in [6.45, 7) is 0.549. The zero-order valence-electron chi connectivity index (χ0n) is 10.6. The summed E-state index contributed by atoms with van der Waals surface area (Å²) in [7, 11) is 0. The molecule has 2 N–H and O–H groups in total. The van der Waals surface area contributed by atoms with Gasteiger partial charge in [0.15, 0.2) is 5.76 Å². The van der Waals surface area contributed by atoms with Crippen molar-refractivity contribution in [3.8, 4) is 11.6 Å². The molecule has 1 aromatic carbocycles. The molecule has 2 aromatic heterocycles. The Balaban J connectivity index is 1.67. The van der Waals surface area contributed by atoms with Crippen LogP contribution in [0.15, 0.2) is 39.3 Å². The van der Waals surface area contributed by atoms with E-state index in [1.54, 1.807) is 0 Å². The van der Waals surface area contributed by atoms with Gasteiger partial charge in [-0.2, -0.15) is 4.98 Å². The smallest absolute Gasteiger partial charge is 0.244 e. The third kappa shape index (κ3) is 1.90. The van der Waals surface area contributed by atoms with Crippen LogP contribution in [0, 0.1) is 0 Å². The Kier molecular flexibility index (Phi) is 2.58. The molecule has 20 heavy (non-hydrogen) atoms. The van der Waals surface area contributed by atoms with Gasteiger partial charge in [0.1, 0.15) is 5.58 Å². The van der Waals surface area contributed by atoms with Gasteiger partial charge in [0.25, 0.3) is 0 Å². The molecule has 3 heterocycles. The van der Waals surface area contributed by atoms with E-state index in [0.29, 0.717) is 30.4 Å². The minimum Gasteiger partial charge on any atom is -0.453 e. The Morgan fingerprint density at radius 1 is 1.30 bits per heavy atom. The van der Waals surface area contributed by atoms with Gasteiger partial charge in [0.2, 0.25) is 11.7 Å². The van der Waals surface area contributed by atoms with Crippen LogP contribution >= 0.6 is 0 Å². The van der Waals surface area contributed by atoms with E-state index in [0.717, 1.165) is 11.0 Å². The average Bonchev–Trinajstić information content (AvgIpc) is 3.16. The number of rotatable bonds is 2. The number of furan rings is 1. The fraction of sp³-hybridized carbons (Fsp3) is 0.286. The van der Waals surface area contributed by atoms with Crippen LogP contribution in [0.1, 0.15) is 18.4 Å². The van der Waals surface area contributed by atoms with Crippen molar-refractivity contribution in [3.63, 3.8) is 0 Å². The van der Waals surface area contributed by atoms with Crippen molar-refractivity contribution in [1.82, 2.24) is 15.5 Å². The number of benzene rings is 1. The van der Waals surface area contributed by atoms with Gasteiger partial charge >= 0.3 is 0 Å². The van der Waals surface area contributed by atoms with Gasteiger partial charge in [-0.1, -0.05) is 23.4 Å². The second kappa shape index (κ2) is 4.43. The zero-order valence-corrected chi connectivity index (χ0v) is 10.6. The third-order valence-electron chi connectivity index (χ3n) is 3.49. The number of aliphatic hydroxyl groups is 1. The van der Waals surface area contributed by atoms with Crippen LogP contribution in [0.3, 0.4) is 0 Å². The molecular formula is C14H13N3O3. The Morgan fingerprint density at radius 3 is 3.00 bits per heavy atom. The Bertz CT molecular complexity index is 716. The number of nitrogens with zero attached hydrogens (tertiary/aromatic N) is 2. The van der Waals surface area contributed by atoms with Gasteiger partial charge < -0.3 is 19.4 Å². The number of aromatic nitrogens is 2. The first-order chi connectivity index (χ1) is 9.79. The van der Waals surface area contributed by atoms with Gasteiger partial charge in [-0.15, -0.1) is 0 Å². The fourth-order valence-corrected chi connectivity index (χ4v) is 2.47. The van der Waals surface area contributed by atoms with Crippen LogP contribution in [0.5, 0.6) is 0 Å².